The first-order chi connectivity index (χ1) is 21.5. The number of unbranched alkanes of at least 4 members (excludes halogenated alkanes) is 4. The van der Waals surface area contributed by atoms with Gasteiger partial charge in [-0.05, 0) is 120 Å². The smallest absolute Gasteiger partial charge is 0.306 e. The minimum atomic E-state index is -0.0838. The molecule has 0 saturated heterocycles. The number of nitrogens with one attached hydrogen (secondary N) is 1. The van der Waals surface area contributed by atoms with Crippen molar-refractivity contribution >= 4 is 44.9 Å². The second-order valence-corrected chi connectivity index (χ2v) is 18.2. The summed E-state index contributed by atoms with van der Waals surface area (Å²) in [5.41, 5.74) is 0.292. The summed E-state index contributed by atoms with van der Waals surface area (Å²) in [5.74, 6) is 2.97. The molecule has 4 aliphatic carbocycles. The van der Waals surface area contributed by atoms with Crippen LogP contribution < -0.4 is 5.32 Å². The molecule has 4 aliphatic rings. The van der Waals surface area contributed by atoms with Gasteiger partial charge in [0.2, 0.25) is 5.91 Å². The third kappa shape index (κ3) is 7.44. The Bertz CT molecular complexity index is 1200. The molecule has 10 atom stereocenters. The van der Waals surface area contributed by atoms with Crippen molar-refractivity contribution in [3.63, 3.8) is 0 Å². The lowest BCUT2D eigenvalue weighted by Gasteiger charge is -2.62. The van der Waals surface area contributed by atoms with E-state index in [0.29, 0.717) is 67.0 Å². The zero-order chi connectivity index (χ0) is 32.4. The highest BCUT2D eigenvalue weighted by molar-refractivity contribution is 9.11. The van der Waals surface area contributed by atoms with Gasteiger partial charge in [0.05, 0.1) is 9.83 Å². The number of halogens is 1. The summed E-state index contributed by atoms with van der Waals surface area (Å²) in [6, 6.07) is 4.23. The molecule has 1 heterocycles. The van der Waals surface area contributed by atoms with Crippen molar-refractivity contribution in [1.82, 2.24) is 5.32 Å². The maximum atomic E-state index is 13.4. The molecule has 252 valence electrons. The SMILES string of the molecule is CCCCCCCC(=O)O[C@@H]1CC2CC(=O)CCC2(C)[C@H]2CCC3(C)C([C@H](C)CC(=O)NC(CC)c4ccc(Br)s4)CC[C@H]3C12. The largest absolute Gasteiger partial charge is 0.462 e. The van der Waals surface area contributed by atoms with Gasteiger partial charge in [0.1, 0.15) is 11.9 Å². The van der Waals surface area contributed by atoms with Gasteiger partial charge in [-0.3, -0.25) is 14.4 Å². The number of Topliss-reactive ketones (excluding diaryl/α,β-unsaturated/α-hetero) is 1. The first-order valence-corrected chi connectivity index (χ1v) is 19.9. The van der Waals surface area contributed by atoms with E-state index in [2.05, 4.69) is 68.0 Å². The van der Waals surface area contributed by atoms with E-state index in [1.54, 1.807) is 11.3 Å². The number of rotatable bonds is 13. The number of thiophene rings is 1. The van der Waals surface area contributed by atoms with Crippen LogP contribution in [0.5, 0.6) is 0 Å². The molecular formula is C38H58BrNO4S. The van der Waals surface area contributed by atoms with Crippen LogP contribution in [0.2, 0.25) is 0 Å². The number of carbonyl (C=O) groups is 3. The minimum absolute atomic E-state index is 0.0314. The number of esters is 1. The Morgan fingerprint density at radius 1 is 1.04 bits per heavy atom. The van der Waals surface area contributed by atoms with Gasteiger partial charge < -0.3 is 10.1 Å². The van der Waals surface area contributed by atoms with Crippen LogP contribution in [0.3, 0.4) is 0 Å². The van der Waals surface area contributed by atoms with Crippen molar-refractivity contribution in [1.29, 1.82) is 0 Å². The number of hydrogen-bond donors (Lipinski definition) is 1. The van der Waals surface area contributed by atoms with E-state index >= 15 is 0 Å². The van der Waals surface area contributed by atoms with Gasteiger partial charge in [-0.25, -0.2) is 0 Å². The zero-order valence-corrected chi connectivity index (χ0v) is 30.9. The van der Waals surface area contributed by atoms with Crippen LogP contribution in [-0.2, 0) is 19.1 Å². The van der Waals surface area contributed by atoms with E-state index in [9.17, 15) is 14.4 Å². The normalized spacial score (nSPS) is 35.6. The lowest BCUT2D eigenvalue weighted by atomic mass is 9.43. The fourth-order valence-electron chi connectivity index (χ4n) is 10.8. The van der Waals surface area contributed by atoms with Crippen molar-refractivity contribution in [3.05, 3.63) is 20.8 Å². The number of carbonyl (C=O) groups excluding carboxylic acids is 3. The Labute approximate surface area is 284 Å². The summed E-state index contributed by atoms with van der Waals surface area (Å²) in [6.45, 7) is 11.6. The van der Waals surface area contributed by atoms with E-state index < -0.39 is 0 Å². The Balaban J connectivity index is 1.29. The molecule has 1 aromatic rings. The van der Waals surface area contributed by atoms with Gasteiger partial charge in [0, 0.05) is 36.5 Å². The standard InChI is InChI=1S/C38H58BrNO4S/c1-6-8-9-10-11-12-35(43)44-31-23-25-22-26(41)17-19-37(25,4)29-18-20-38(5)27(13-14-28(38)36(29)31)24(3)21-34(42)40-30(7-2)32-15-16-33(39)45-32/h15-16,24-25,27-31,36H,6-14,17-23H2,1-5H3,(H,40,42)/t24-,25?,27?,28+,29+,30?,31-,36?,37?,38?/m1/s1. The maximum Gasteiger partial charge on any atom is 0.306 e. The molecule has 1 N–H and O–H groups in total. The number of amides is 1. The number of ether oxygens (including phenoxy) is 1. The van der Waals surface area contributed by atoms with Crippen LogP contribution in [-0.4, -0.2) is 23.8 Å². The molecule has 7 heteroatoms. The summed E-state index contributed by atoms with van der Waals surface area (Å²) >= 11 is 5.27. The van der Waals surface area contributed by atoms with Crippen LogP contribution in [0, 0.1) is 46.3 Å². The number of hydrogen-bond acceptors (Lipinski definition) is 5. The lowest BCUT2D eigenvalue weighted by molar-refractivity contribution is -0.191. The summed E-state index contributed by atoms with van der Waals surface area (Å²) in [7, 11) is 0. The highest BCUT2D eigenvalue weighted by Gasteiger charge is 2.64. The highest BCUT2D eigenvalue weighted by atomic mass is 79.9. The van der Waals surface area contributed by atoms with E-state index in [4.69, 9.17) is 4.74 Å². The van der Waals surface area contributed by atoms with Crippen LogP contribution >= 0.6 is 27.3 Å². The quantitative estimate of drug-likeness (QED) is 0.164. The van der Waals surface area contributed by atoms with Gasteiger partial charge in [0.25, 0.3) is 0 Å². The molecule has 45 heavy (non-hydrogen) atoms. The number of ketones is 1. The molecule has 1 amide bonds. The fraction of sp³-hybridized carbons (Fsp3) is 0.816. The molecule has 0 spiro atoms. The van der Waals surface area contributed by atoms with Gasteiger partial charge in [-0.1, -0.05) is 60.3 Å². The van der Waals surface area contributed by atoms with E-state index in [-0.39, 0.29) is 34.9 Å². The topological polar surface area (TPSA) is 72.5 Å². The summed E-state index contributed by atoms with van der Waals surface area (Å²) in [4.78, 5) is 40.5. The van der Waals surface area contributed by atoms with Crippen molar-refractivity contribution in [2.45, 2.75) is 149 Å². The van der Waals surface area contributed by atoms with Crippen LogP contribution in [0.15, 0.2) is 15.9 Å². The monoisotopic (exact) mass is 703 g/mol. The second-order valence-electron chi connectivity index (χ2n) is 15.7. The van der Waals surface area contributed by atoms with Crippen LogP contribution in [0.1, 0.15) is 148 Å². The first-order valence-electron chi connectivity index (χ1n) is 18.3. The summed E-state index contributed by atoms with van der Waals surface area (Å²) < 4.78 is 7.59. The third-order valence-electron chi connectivity index (χ3n) is 13.2. The van der Waals surface area contributed by atoms with Crippen molar-refractivity contribution in [2.24, 2.45) is 46.3 Å². The van der Waals surface area contributed by atoms with Gasteiger partial charge >= 0.3 is 5.97 Å². The Hall–Kier alpha value is -1.21. The molecule has 4 saturated carbocycles. The Morgan fingerprint density at radius 2 is 1.80 bits per heavy atom. The molecular weight excluding hydrogens is 646 g/mol. The highest BCUT2D eigenvalue weighted by Crippen LogP contribution is 2.68. The molecule has 0 radical (unpaired) electrons. The van der Waals surface area contributed by atoms with E-state index in [1.165, 1.54) is 30.6 Å². The van der Waals surface area contributed by atoms with Crippen molar-refractivity contribution in [2.75, 3.05) is 0 Å². The molecule has 5 rings (SSSR count). The maximum absolute atomic E-state index is 13.4. The van der Waals surface area contributed by atoms with E-state index in [0.717, 1.165) is 55.2 Å². The average Bonchev–Trinajstić information content (AvgIpc) is 3.59. The zero-order valence-electron chi connectivity index (χ0n) is 28.5. The average molecular weight is 705 g/mol. The molecule has 4 fully saturated rings. The van der Waals surface area contributed by atoms with Crippen molar-refractivity contribution in [3.8, 4) is 0 Å². The molecule has 0 bridgehead atoms. The fourth-order valence-corrected chi connectivity index (χ4v) is 12.3. The van der Waals surface area contributed by atoms with Gasteiger partial charge in [-0.2, -0.15) is 0 Å². The van der Waals surface area contributed by atoms with Crippen molar-refractivity contribution < 1.29 is 19.1 Å². The third-order valence-corrected chi connectivity index (χ3v) is 14.9. The van der Waals surface area contributed by atoms with Crippen LogP contribution in [0.25, 0.3) is 0 Å². The molecule has 0 aliphatic heterocycles. The lowest BCUT2D eigenvalue weighted by Crippen LogP contribution is -2.59. The van der Waals surface area contributed by atoms with E-state index in [1.807, 2.05) is 0 Å². The molecule has 0 aromatic carbocycles. The second kappa shape index (κ2) is 14.9. The predicted octanol–water partition coefficient (Wildman–Crippen LogP) is 10.2. The Morgan fingerprint density at radius 3 is 2.51 bits per heavy atom. The summed E-state index contributed by atoms with van der Waals surface area (Å²) in [6.07, 6.45) is 15.3. The summed E-state index contributed by atoms with van der Waals surface area (Å²) in [5, 5.41) is 3.34. The Kier molecular flexibility index (Phi) is 11.6. The molecule has 6 unspecified atom stereocenters. The minimum Gasteiger partial charge on any atom is -0.462 e. The molecule has 5 nitrogen and oxygen atoms in total. The van der Waals surface area contributed by atoms with Gasteiger partial charge in [0.15, 0.2) is 0 Å². The van der Waals surface area contributed by atoms with Gasteiger partial charge in [-0.15, -0.1) is 11.3 Å². The number of fused-ring (bicyclic) bond motifs is 5. The first kappa shape index (κ1) is 35.1. The van der Waals surface area contributed by atoms with Crippen LogP contribution in [0.4, 0.5) is 0 Å². The predicted molar refractivity (Wildman–Crippen MR) is 186 cm³/mol. The molecule has 1 aromatic heterocycles.